The van der Waals surface area contributed by atoms with Gasteiger partial charge in [0.25, 0.3) is 0 Å². The zero-order chi connectivity index (χ0) is 49.0. The second-order valence-corrected chi connectivity index (χ2v) is 12.5. The van der Waals surface area contributed by atoms with Gasteiger partial charge in [0.1, 0.15) is 0 Å². The highest BCUT2D eigenvalue weighted by Crippen LogP contribution is 2.36. The van der Waals surface area contributed by atoms with Crippen LogP contribution in [-0.4, -0.2) is 4.57 Å². The molecule has 0 amide bonds. The van der Waals surface area contributed by atoms with Gasteiger partial charge < -0.3 is 4.57 Å². The van der Waals surface area contributed by atoms with Gasteiger partial charge in [-0.3, -0.25) is 0 Å². The van der Waals surface area contributed by atoms with Crippen LogP contribution in [0.2, 0.25) is 0 Å². The Balaban J connectivity index is 0. The smallest absolute Gasteiger partial charge is 0.0488 e. The van der Waals surface area contributed by atoms with Crippen LogP contribution >= 0.6 is 0 Å². The highest BCUT2D eigenvalue weighted by molar-refractivity contribution is 6.22. The Labute approximate surface area is 404 Å². The molecule has 0 fully saturated rings. The molecule has 0 bridgehead atoms. The summed E-state index contributed by atoms with van der Waals surface area (Å²) >= 11 is 0. The average molecular weight is 884 g/mol. The van der Waals surface area contributed by atoms with Crippen molar-refractivity contribution < 1.29 is 0 Å². The summed E-state index contributed by atoms with van der Waals surface area (Å²) in [6.45, 7) is 32.0. The van der Waals surface area contributed by atoms with Gasteiger partial charge in [-0.1, -0.05) is 300 Å². The van der Waals surface area contributed by atoms with Crippen LogP contribution in [0.15, 0.2) is 194 Å². The van der Waals surface area contributed by atoms with Crippen LogP contribution in [0.3, 0.4) is 0 Å². The number of fused-ring (bicyclic) bond motifs is 6. The van der Waals surface area contributed by atoms with E-state index in [2.05, 4.69) is 169 Å². The van der Waals surface area contributed by atoms with Crippen molar-refractivity contribution in [3.05, 3.63) is 205 Å². The summed E-state index contributed by atoms with van der Waals surface area (Å²) in [6, 6.07) is 68.2. The maximum Gasteiger partial charge on any atom is 0.0488 e. The van der Waals surface area contributed by atoms with Crippen molar-refractivity contribution in [2.24, 2.45) is 7.05 Å². The molecule has 0 radical (unpaired) electrons. The maximum absolute atomic E-state index is 2.24. The third kappa shape index (κ3) is 16.7. The highest BCUT2D eigenvalue weighted by atomic mass is 14.9. The summed E-state index contributed by atoms with van der Waals surface area (Å²) in [6.07, 6.45) is 1.10. The molecular formula is C65H89N. The van der Waals surface area contributed by atoms with Crippen molar-refractivity contribution in [3.63, 3.8) is 0 Å². The molecule has 0 unspecified atom stereocenters. The zero-order valence-electron chi connectivity index (χ0n) is 43.6. The lowest BCUT2D eigenvalue weighted by Crippen LogP contribution is -1.84. The molecule has 1 nitrogen and oxygen atoms in total. The number of rotatable bonds is 0. The zero-order valence-corrected chi connectivity index (χ0v) is 43.6. The number of hydrogen-bond donors (Lipinski definition) is 0. The van der Waals surface area contributed by atoms with Crippen LogP contribution in [0, 0.1) is 0 Å². The van der Waals surface area contributed by atoms with Gasteiger partial charge >= 0.3 is 0 Å². The molecule has 1 heteroatoms. The van der Waals surface area contributed by atoms with E-state index in [4.69, 9.17) is 0 Å². The molecule has 0 saturated heterocycles. The van der Waals surface area contributed by atoms with Crippen LogP contribution < -0.4 is 0 Å². The first-order valence-corrected chi connectivity index (χ1v) is 25.0. The van der Waals surface area contributed by atoms with Crippen molar-refractivity contribution in [1.29, 1.82) is 0 Å². The third-order valence-electron chi connectivity index (χ3n) is 9.59. The van der Waals surface area contributed by atoms with Crippen LogP contribution in [0.25, 0.3) is 65.3 Å². The summed E-state index contributed by atoms with van der Waals surface area (Å²) in [4.78, 5) is 0. The molecular weight excluding hydrogens is 795 g/mol. The molecule has 0 spiro atoms. The SMILES string of the molecule is C.CC.CC.CC.CC.CC.CC.CC.CC.Cn1c2ccccc2c2ccccc21.c1cc2ccc3cccc4ccc(c1)c2c34.c1ccc2c(c1)Cc1ccccc1-2.c1ccccc1. The van der Waals surface area contributed by atoms with Gasteiger partial charge in [-0.05, 0) is 73.1 Å². The normalized spacial score (nSPS) is 9.11. The van der Waals surface area contributed by atoms with Crippen LogP contribution in [0.5, 0.6) is 0 Å². The number of para-hydroxylation sites is 2. The predicted molar refractivity (Wildman–Crippen MR) is 309 cm³/mol. The van der Waals surface area contributed by atoms with Gasteiger partial charge in [0.05, 0.1) is 0 Å². The van der Waals surface area contributed by atoms with E-state index in [1.165, 1.54) is 76.4 Å². The van der Waals surface area contributed by atoms with Crippen LogP contribution in [0.4, 0.5) is 0 Å². The second-order valence-electron chi connectivity index (χ2n) is 12.5. The van der Waals surface area contributed by atoms with Gasteiger partial charge in [-0.15, -0.1) is 0 Å². The molecule has 1 aliphatic carbocycles. The van der Waals surface area contributed by atoms with E-state index in [1.807, 2.05) is 147 Å². The lowest BCUT2D eigenvalue weighted by atomic mass is 9.95. The molecule has 354 valence electrons. The minimum Gasteiger partial charge on any atom is -0.344 e. The highest BCUT2D eigenvalue weighted by Gasteiger charge is 2.16. The van der Waals surface area contributed by atoms with Crippen molar-refractivity contribution in [2.75, 3.05) is 0 Å². The van der Waals surface area contributed by atoms with Gasteiger partial charge in [0, 0.05) is 28.9 Å². The molecule has 66 heavy (non-hydrogen) atoms. The molecule has 0 saturated carbocycles. The molecule has 9 aromatic carbocycles. The number of aromatic nitrogens is 1. The summed E-state index contributed by atoms with van der Waals surface area (Å²) in [5.41, 5.74) is 8.35. The molecule has 11 rings (SSSR count). The van der Waals surface area contributed by atoms with Gasteiger partial charge in [0.15, 0.2) is 0 Å². The molecule has 1 aromatic heterocycles. The van der Waals surface area contributed by atoms with E-state index in [0.29, 0.717) is 0 Å². The maximum atomic E-state index is 2.24. The van der Waals surface area contributed by atoms with Crippen molar-refractivity contribution in [2.45, 2.75) is 125 Å². The Morgan fingerprint density at radius 2 is 0.530 bits per heavy atom. The number of aryl methyl sites for hydroxylation is 1. The fourth-order valence-electron chi connectivity index (χ4n) is 7.25. The monoisotopic (exact) mass is 884 g/mol. The number of hydrogen-bond acceptors (Lipinski definition) is 0. The Hall–Kier alpha value is -6.18. The first-order valence-electron chi connectivity index (χ1n) is 25.0. The minimum atomic E-state index is 0. The van der Waals surface area contributed by atoms with E-state index in [1.54, 1.807) is 0 Å². The second kappa shape index (κ2) is 38.1. The molecule has 1 aliphatic rings. The first kappa shape index (κ1) is 61.9. The summed E-state index contributed by atoms with van der Waals surface area (Å²) in [7, 11) is 2.12. The Kier molecular flexibility index (Phi) is 35.8. The fraction of sp³-hybridized carbons (Fsp3) is 0.292. The van der Waals surface area contributed by atoms with Gasteiger partial charge in [-0.2, -0.15) is 0 Å². The average Bonchev–Trinajstić information content (AvgIpc) is 3.96. The van der Waals surface area contributed by atoms with E-state index < -0.39 is 0 Å². The van der Waals surface area contributed by atoms with E-state index in [-0.39, 0.29) is 7.43 Å². The van der Waals surface area contributed by atoms with Crippen LogP contribution in [0.1, 0.15) is 129 Å². The molecule has 1 heterocycles. The van der Waals surface area contributed by atoms with Crippen molar-refractivity contribution in [1.82, 2.24) is 4.57 Å². The number of nitrogens with zero attached hydrogens (tertiary/aromatic N) is 1. The molecule has 0 N–H and O–H groups in total. The molecule has 0 aliphatic heterocycles. The van der Waals surface area contributed by atoms with Crippen molar-refractivity contribution in [3.8, 4) is 11.1 Å². The lowest BCUT2D eigenvalue weighted by molar-refractivity contribution is 1.01. The summed E-state index contributed by atoms with van der Waals surface area (Å²) in [5, 5.41) is 10.8. The lowest BCUT2D eigenvalue weighted by Gasteiger charge is -2.09. The van der Waals surface area contributed by atoms with E-state index >= 15 is 0 Å². The topological polar surface area (TPSA) is 4.93 Å². The quantitative estimate of drug-likeness (QED) is 0.134. The predicted octanol–water partition coefficient (Wildman–Crippen LogP) is 21.7. The van der Waals surface area contributed by atoms with Gasteiger partial charge in [-0.25, -0.2) is 0 Å². The first-order chi connectivity index (χ1) is 32.3. The Morgan fingerprint density at radius 3 is 0.833 bits per heavy atom. The minimum absolute atomic E-state index is 0. The standard InChI is InChI=1S/C16H10.C13H11N.C13H10.C6H6.8C2H6.CH4/c1-3-11-7-9-13-5-2-6-14-10-8-12(4-1)15(11)16(13)14;1-14-12-8-4-2-6-10(12)11-7-3-5-9-13(11)14;1-3-7-12-10(5-1)9-11-6-2-4-8-13(11)12;1-2-4-6-5-3-1;8*1-2;/h1-10H;2-9H,1H3;1-8H,9H2;1-6H;8*1-2H3;1H4. The third-order valence-corrected chi connectivity index (χ3v) is 9.59. The molecule has 0 atom stereocenters. The Bertz CT molecular complexity index is 2390. The van der Waals surface area contributed by atoms with Crippen molar-refractivity contribution >= 4 is 54.1 Å². The summed E-state index contributed by atoms with van der Waals surface area (Å²) in [5.74, 6) is 0. The molecule has 10 aromatic rings. The summed E-state index contributed by atoms with van der Waals surface area (Å²) < 4.78 is 2.24. The van der Waals surface area contributed by atoms with Crippen LogP contribution in [-0.2, 0) is 13.5 Å². The fourth-order valence-corrected chi connectivity index (χ4v) is 7.25. The van der Waals surface area contributed by atoms with E-state index in [9.17, 15) is 0 Å². The number of benzene rings is 9. The van der Waals surface area contributed by atoms with E-state index in [0.717, 1.165) is 6.42 Å². The largest absolute Gasteiger partial charge is 0.344 e. The Morgan fingerprint density at radius 1 is 0.273 bits per heavy atom. The van der Waals surface area contributed by atoms with Gasteiger partial charge in [0.2, 0.25) is 0 Å².